The molecule has 0 bridgehead atoms. The largest absolute Gasteiger partial charge is 0.494 e. The first-order chi connectivity index (χ1) is 30.7. The van der Waals surface area contributed by atoms with Crippen LogP contribution < -0.4 is 10.1 Å². The lowest BCUT2D eigenvalue weighted by atomic mass is 10.0. The Kier molecular flexibility index (Phi) is 21.8. The van der Waals surface area contributed by atoms with E-state index in [1.165, 1.54) is 0 Å². The maximum absolute atomic E-state index is 13.7. The normalized spacial score (nSPS) is 16.8. The predicted molar refractivity (Wildman–Crippen MR) is 253 cm³/mol. The maximum atomic E-state index is 13.7. The molecule has 1 unspecified atom stereocenters. The van der Waals surface area contributed by atoms with Crippen LogP contribution in [-0.4, -0.2) is 163 Å². The van der Waals surface area contributed by atoms with Gasteiger partial charge >= 0.3 is 30.0 Å². The zero-order valence-corrected chi connectivity index (χ0v) is 41.9. The lowest BCUT2D eigenvalue weighted by Crippen LogP contribution is -2.54. The Labute approximate surface area is 393 Å². The number of hydrogen-bond donors (Lipinski definition) is 1. The van der Waals surface area contributed by atoms with E-state index in [1.54, 1.807) is 0 Å². The number of carbonyl (C=O) groups excluding carboxylic acids is 5. The summed E-state index contributed by atoms with van der Waals surface area (Å²) in [5.41, 5.74) is -0.924. The summed E-state index contributed by atoms with van der Waals surface area (Å²) in [4.78, 5) is 73.9. The van der Waals surface area contributed by atoms with E-state index >= 15 is 0 Å². The van der Waals surface area contributed by atoms with Crippen LogP contribution in [0.5, 0.6) is 5.75 Å². The third-order valence-electron chi connectivity index (χ3n) is 9.69. The highest BCUT2D eigenvalue weighted by molar-refractivity contribution is 5.73. The van der Waals surface area contributed by atoms with Crippen LogP contribution in [0, 0.1) is 0 Å². The number of rotatable bonds is 17. The Morgan fingerprint density at radius 1 is 0.545 bits per heavy atom. The molecule has 16 heteroatoms. The van der Waals surface area contributed by atoms with Crippen LogP contribution in [0.15, 0.2) is 54.6 Å². The molecule has 16 nitrogen and oxygen atoms in total. The molecule has 2 aromatic carbocycles. The Bertz CT molecular complexity index is 1820. The third kappa shape index (κ3) is 25.2. The molecule has 1 atom stereocenters. The summed E-state index contributed by atoms with van der Waals surface area (Å²) in [6.07, 6.45) is 0.558. The molecule has 370 valence electrons. The van der Waals surface area contributed by atoms with Gasteiger partial charge in [-0.15, -0.1) is 0 Å². The van der Waals surface area contributed by atoms with Crippen molar-refractivity contribution in [2.45, 2.75) is 131 Å². The Balaban J connectivity index is 1.90. The highest BCUT2D eigenvalue weighted by Gasteiger charge is 2.31. The molecule has 2 aromatic rings. The van der Waals surface area contributed by atoms with E-state index in [4.69, 9.17) is 28.4 Å². The third-order valence-corrected chi connectivity index (χ3v) is 9.69. The van der Waals surface area contributed by atoms with Crippen LogP contribution in [0.25, 0.3) is 0 Å². The van der Waals surface area contributed by atoms with Crippen molar-refractivity contribution in [2.75, 3.05) is 85.1 Å². The Morgan fingerprint density at radius 2 is 0.985 bits per heavy atom. The average molecular weight is 926 g/mol. The van der Waals surface area contributed by atoms with Gasteiger partial charge in [0.2, 0.25) is 0 Å². The molecule has 3 rings (SSSR count). The average Bonchev–Trinajstić information content (AvgIpc) is 3.16. The van der Waals surface area contributed by atoms with Gasteiger partial charge in [0.15, 0.2) is 0 Å². The van der Waals surface area contributed by atoms with Crippen LogP contribution >= 0.6 is 0 Å². The minimum atomic E-state index is -0.722. The van der Waals surface area contributed by atoms with Gasteiger partial charge in [-0.2, -0.15) is 0 Å². The molecule has 1 heterocycles. The zero-order chi connectivity index (χ0) is 49.1. The molecule has 0 saturated carbocycles. The molecule has 1 saturated heterocycles. The van der Waals surface area contributed by atoms with E-state index in [2.05, 4.69) is 10.2 Å². The maximum Gasteiger partial charge on any atom is 0.407 e. The van der Waals surface area contributed by atoms with Crippen LogP contribution in [0.1, 0.15) is 101 Å². The number of nitrogens with zero attached hydrogens (tertiary/aromatic N) is 4. The summed E-state index contributed by atoms with van der Waals surface area (Å²) in [5.74, 6) is -0.897. The van der Waals surface area contributed by atoms with E-state index in [-0.39, 0.29) is 50.8 Å². The molecule has 1 aliphatic heterocycles. The van der Waals surface area contributed by atoms with Gasteiger partial charge in [-0.1, -0.05) is 42.5 Å². The fraction of sp³-hybridized carbons (Fsp3) is 0.660. The van der Waals surface area contributed by atoms with Crippen molar-refractivity contribution < 1.29 is 52.4 Å². The molecular weight excluding hydrogens is 847 g/mol. The molecule has 1 amide bonds. The minimum Gasteiger partial charge on any atom is -0.494 e. The summed E-state index contributed by atoms with van der Waals surface area (Å²) >= 11 is 0. The Morgan fingerprint density at radius 3 is 1.47 bits per heavy atom. The first kappa shape index (κ1) is 55.6. The summed E-state index contributed by atoms with van der Waals surface area (Å²) in [7, 11) is 0. The van der Waals surface area contributed by atoms with E-state index < -0.39 is 40.4 Å². The fourth-order valence-electron chi connectivity index (χ4n) is 7.04. The van der Waals surface area contributed by atoms with Crippen molar-refractivity contribution in [1.29, 1.82) is 0 Å². The second-order valence-electron chi connectivity index (χ2n) is 20.8. The number of esters is 4. The molecule has 0 aliphatic carbocycles. The van der Waals surface area contributed by atoms with Crippen LogP contribution in [0.2, 0.25) is 0 Å². The number of ether oxygens (including phenoxy) is 6. The molecule has 0 spiro atoms. The van der Waals surface area contributed by atoms with Gasteiger partial charge in [-0.05, 0) is 119 Å². The molecule has 0 radical (unpaired) electrons. The summed E-state index contributed by atoms with van der Waals surface area (Å²) in [5, 5.41) is 2.75. The number of amides is 1. The van der Waals surface area contributed by atoms with Crippen LogP contribution in [0.4, 0.5) is 4.79 Å². The molecule has 0 aromatic heterocycles. The van der Waals surface area contributed by atoms with E-state index in [1.807, 2.05) is 152 Å². The minimum absolute atomic E-state index is 0.00310. The van der Waals surface area contributed by atoms with Crippen molar-refractivity contribution in [3.63, 3.8) is 0 Å². The van der Waals surface area contributed by atoms with Crippen molar-refractivity contribution >= 4 is 30.0 Å². The summed E-state index contributed by atoms with van der Waals surface area (Å²) in [6.45, 7) is 25.5. The lowest BCUT2D eigenvalue weighted by molar-refractivity contribution is -0.160. The molecular formula is C50H79N5O11. The lowest BCUT2D eigenvalue weighted by Gasteiger charge is -2.39. The molecule has 1 N–H and O–H groups in total. The SMILES string of the molecule is CC(C)(C)OC(=O)CN1CCN(CC(=O)OC(C)(C)C)CCN(CC(=O)OC(C)(C)C)C(Cc2ccc(OCCCNC(=O)OCc3ccccc3)cc2)CN(CC(=O)OC(C)(C)C)CC1. The monoisotopic (exact) mass is 926 g/mol. The van der Waals surface area contributed by atoms with Gasteiger partial charge in [0.25, 0.3) is 0 Å². The smallest absolute Gasteiger partial charge is 0.407 e. The van der Waals surface area contributed by atoms with Crippen molar-refractivity contribution in [1.82, 2.24) is 24.9 Å². The molecule has 1 fully saturated rings. The van der Waals surface area contributed by atoms with Crippen LogP contribution in [-0.2, 0) is 55.9 Å². The van der Waals surface area contributed by atoms with Crippen molar-refractivity contribution in [3.05, 3.63) is 65.7 Å². The van der Waals surface area contributed by atoms with Gasteiger partial charge in [0, 0.05) is 58.4 Å². The number of hydrogen-bond acceptors (Lipinski definition) is 15. The van der Waals surface area contributed by atoms with E-state index in [0.717, 1.165) is 11.1 Å². The fourth-order valence-corrected chi connectivity index (χ4v) is 7.04. The number of carbonyl (C=O) groups is 5. The summed E-state index contributed by atoms with van der Waals surface area (Å²) < 4.78 is 34.4. The standard InChI is InChI=1S/C50H79N5O11/c1-47(2,3)63-42(56)33-52-24-25-53(34-43(57)64-48(4,5)6)28-29-55(36-45(59)66-50(10,11)12)40(32-54(27-26-52)35-44(58)65-49(7,8)9)31-38-19-21-41(22-20-38)61-30-16-23-51-46(60)62-37-39-17-14-13-15-18-39/h13-15,17-22,40H,16,23-37H2,1-12H3,(H,51,60). The molecule has 66 heavy (non-hydrogen) atoms. The second-order valence-corrected chi connectivity index (χ2v) is 20.8. The number of benzene rings is 2. The van der Waals surface area contributed by atoms with Crippen molar-refractivity contribution in [2.24, 2.45) is 0 Å². The quantitative estimate of drug-likeness (QED) is 0.114. The second kappa shape index (κ2) is 26.0. The highest BCUT2D eigenvalue weighted by atomic mass is 16.6. The predicted octanol–water partition coefficient (Wildman–Crippen LogP) is 5.88. The Hall–Kier alpha value is -4.77. The van der Waals surface area contributed by atoms with Crippen LogP contribution in [0.3, 0.4) is 0 Å². The van der Waals surface area contributed by atoms with Gasteiger partial charge in [-0.25, -0.2) is 4.79 Å². The highest BCUT2D eigenvalue weighted by Crippen LogP contribution is 2.19. The van der Waals surface area contributed by atoms with E-state index in [9.17, 15) is 24.0 Å². The first-order valence-corrected chi connectivity index (χ1v) is 23.1. The van der Waals surface area contributed by atoms with Gasteiger partial charge in [0.1, 0.15) is 34.8 Å². The van der Waals surface area contributed by atoms with Gasteiger partial charge in [-0.3, -0.25) is 38.8 Å². The van der Waals surface area contributed by atoms with Gasteiger partial charge in [0.05, 0.1) is 32.8 Å². The van der Waals surface area contributed by atoms with Crippen molar-refractivity contribution in [3.8, 4) is 5.75 Å². The number of alkyl carbamates (subject to hydrolysis) is 1. The number of nitrogens with one attached hydrogen (secondary N) is 1. The zero-order valence-electron chi connectivity index (χ0n) is 41.9. The van der Waals surface area contributed by atoms with E-state index in [0.29, 0.717) is 77.6 Å². The summed E-state index contributed by atoms with van der Waals surface area (Å²) in [6, 6.07) is 16.9. The van der Waals surface area contributed by atoms with Gasteiger partial charge < -0.3 is 33.7 Å². The first-order valence-electron chi connectivity index (χ1n) is 23.1. The molecule has 1 aliphatic rings. The topological polar surface area (TPSA) is 166 Å².